The number of likely N-dealkylation sites (tertiary alicyclic amines) is 1. The summed E-state index contributed by atoms with van der Waals surface area (Å²) in [6.45, 7) is 7.46. The van der Waals surface area contributed by atoms with Crippen molar-refractivity contribution >= 4 is 5.91 Å². The largest absolute Gasteiger partial charge is 0.339 e. The van der Waals surface area contributed by atoms with Crippen molar-refractivity contribution in [3.8, 4) is 0 Å². The van der Waals surface area contributed by atoms with Crippen molar-refractivity contribution in [1.29, 1.82) is 0 Å². The van der Waals surface area contributed by atoms with Gasteiger partial charge in [-0.1, -0.05) is 13.0 Å². The third kappa shape index (κ3) is 2.35. The molecule has 80 valence electrons. The normalized spacial score (nSPS) is 29.1. The zero-order valence-electron chi connectivity index (χ0n) is 9.29. The van der Waals surface area contributed by atoms with Gasteiger partial charge in [0.25, 0.3) is 0 Å². The van der Waals surface area contributed by atoms with Crippen LogP contribution in [0.2, 0.25) is 0 Å². The topological polar surface area (TPSA) is 46.3 Å². The standard InChI is InChI=1S/C11H20N2O/c1-4-8(2)11(14)13-6-5-10(12)9(3)7-13/h4,9-10H,5-7,12H2,1-3H3/b8-4-. The smallest absolute Gasteiger partial charge is 0.249 e. The fraction of sp³-hybridized carbons (Fsp3) is 0.727. The number of hydrogen-bond donors (Lipinski definition) is 1. The first-order chi connectivity index (χ1) is 6.56. The molecule has 2 atom stereocenters. The summed E-state index contributed by atoms with van der Waals surface area (Å²) >= 11 is 0. The SMILES string of the molecule is C/C=C(/C)C(=O)N1CCC(N)C(C)C1. The van der Waals surface area contributed by atoms with Crippen molar-refractivity contribution in [2.24, 2.45) is 11.7 Å². The van der Waals surface area contributed by atoms with Crippen LogP contribution in [0.25, 0.3) is 0 Å². The van der Waals surface area contributed by atoms with Gasteiger partial charge in [-0.2, -0.15) is 0 Å². The Morgan fingerprint density at radius 3 is 2.71 bits per heavy atom. The molecule has 2 N–H and O–H groups in total. The van der Waals surface area contributed by atoms with Gasteiger partial charge in [0.2, 0.25) is 5.91 Å². The van der Waals surface area contributed by atoms with E-state index >= 15 is 0 Å². The van der Waals surface area contributed by atoms with E-state index in [2.05, 4.69) is 6.92 Å². The number of piperidine rings is 1. The zero-order chi connectivity index (χ0) is 10.7. The highest BCUT2D eigenvalue weighted by Gasteiger charge is 2.26. The maximum atomic E-state index is 11.8. The van der Waals surface area contributed by atoms with Crippen LogP contribution in [0.3, 0.4) is 0 Å². The third-order valence-corrected chi connectivity index (χ3v) is 3.03. The second-order valence-electron chi connectivity index (χ2n) is 4.15. The summed E-state index contributed by atoms with van der Waals surface area (Å²) in [7, 11) is 0. The molecular formula is C11H20N2O. The number of nitrogens with two attached hydrogens (primary N) is 1. The molecule has 14 heavy (non-hydrogen) atoms. The minimum Gasteiger partial charge on any atom is -0.339 e. The van der Waals surface area contributed by atoms with E-state index in [1.165, 1.54) is 0 Å². The van der Waals surface area contributed by atoms with E-state index < -0.39 is 0 Å². The molecule has 3 nitrogen and oxygen atoms in total. The molecule has 0 aromatic carbocycles. The minimum atomic E-state index is 0.159. The lowest BCUT2D eigenvalue weighted by molar-refractivity contribution is -0.128. The molecule has 2 unspecified atom stereocenters. The van der Waals surface area contributed by atoms with E-state index in [4.69, 9.17) is 5.73 Å². The Hall–Kier alpha value is -0.830. The predicted octanol–water partition coefficient (Wildman–Crippen LogP) is 1.15. The molecular weight excluding hydrogens is 176 g/mol. The minimum absolute atomic E-state index is 0.159. The Bertz CT molecular complexity index is 248. The van der Waals surface area contributed by atoms with Crippen molar-refractivity contribution in [2.75, 3.05) is 13.1 Å². The number of carbonyl (C=O) groups is 1. The molecule has 0 aliphatic carbocycles. The average molecular weight is 196 g/mol. The molecule has 0 spiro atoms. The summed E-state index contributed by atoms with van der Waals surface area (Å²) in [5.41, 5.74) is 6.72. The number of carbonyl (C=O) groups excluding carboxylic acids is 1. The lowest BCUT2D eigenvalue weighted by Crippen LogP contribution is -2.48. The van der Waals surface area contributed by atoms with Crippen molar-refractivity contribution in [3.63, 3.8) is 0 Å². The summed E-state index contributed by atoms with van der Waals surface area (Å²) in [6.07, 6.45) is 2.78. The summed E-state index contributed by atoms with van der Waals surface area (Å²) in [5.74, 6) is 0.573. The molecule has 0 aromatic rings. The molecule has 0 saturated carbocycles. The molecule has 1 aliphatic heterocycles. The maximum Gasteiger partial charge on any atom is 0.249 e. The van der Waals surface area contributed by atoms with Crippen molar-refractivity contribution < 1.29 is 4.79 Å². The van der Waals surface area contributed by atoms with Crippen LogP contribution >= 0.6 is 0 Å². The fourth-order valence-corrected chi connectivity index (χ4v) is 1.72. The number of nitrogens with zero attached hydrogens (tertiary/aromatic N) is 1. The molecule has 1 rings (SSSR count). The summed E-state index contributed by atoms with van der Waals surface area (Å²) in [5, 5.41) is 0. The maximum absolute atomic E-state index is 11.8. The first-order valence-electron chi connectivity index (χ1n) is 5.24. The molecule has 1 saturated heterocycles. The van der Waals surface area contributed by atoms with Gasteiger partial charge in [-0.25, -0.2) is 0 Å². The van der Waals surface area contributed by atoms with Gasteiger partial charge in [0, 0.05) is 24.7 Å². The Morgan fingerprint density at radius 2 is 2.21 bits per heavy atom. The second kappa shape index (κ2) is 4.60. The second-order valence-corrected chi connectivity index (χ2v) is 4.15. The average Bonchev–Trinajstić information content (AvgIpc) is 2.20. The van der Waals surface area contributed by atoms with Gasteiger partial charge >= 0.3 is 0 Å². The van der Waals surface area contributed by atoms with E-state index in [0.29, 0.717) is 5.92 Å². The van der Waals surface area contributed by atoms with Crippen LogP contribution in [-0.2, 0) is 4.79 Å². The Kier molecular flexibility index (Phi) is 3.69. The van der Waals surface area contributed by atoms with E-state index in [1.807, 2.05) is 24.8 Å². The van der Waals surface area contributed by atoms with Crippen LogP contribution in [0.5, 0.6) is 0 Å². The van der Waals surface area contributed by atoms with Gasteiger partial charge in [-0.05, 0) is 26.2 Å². The zero-order valence-corrected chi connectivity index (χ0v) is 9.29. The molecule has 0 bridgehead atoms. The lowest BCUT2D eigenvalue weighted by atomic mass is 9.94. The summed E-state index contributed by atoms with van der Waals surface area (Å²) < 4.78 is 0. The van der Waals surface area contributed by atoms with Gasteiger partial charge in [0.15, 0.2) is 0 Å². The lowest BCUT2D eigenvalue weighted by Gasteiger charge is -2.35. The van der Waals surface area contributed by atoms with E-state index in [9.17, 15) is 4.79 Å². The highest BCUT2D eigenvalue weighted by atomic mass is 16.2. The van der Waals surface area contributed by atoms with Gasteiger partial charge < -0.3 is 10.6 Å². The number of allylic oxidation sites excluding steroid dienone is 1. The Balaban J connectivity index is 2.59. The monoisotopic (exact) mass is 196 g/mol. The third-order valence-electron chi connectivity index (χ3n) is 3.03. The highest BCUT2D eigenvalue weighted by molar-refractivity contribution is 5.92. The number of hydrogen-bond acceptors (Lipinski definition) is 2. The van der Waals surface area contributed by atoms with Crippen LogP contribution in [0, 0.1) is 5.92 Å². The molecule has 3 heteroatoms. The summed E-state index contributed by atoms with van der Waals surface area (Å²) in [6, 6.07) is 0.255. The van der Waals surface area contributed by atoms with E-state index in [-0.39, 0.29) is 11.9 Å². The van der Waals surface area contributed by atoms with Crippen LogP contribution in [0.15, 0.2) is 11.6 Å². The van der Waals surface area contributed by atoms with Crippen molar-refractivity contribution in [2.45, 2.75) is 33.2 Å². The summed E-state index contributed by atoms with van der Waals surface area (Å²) in [4.78, 5) is 13.7. The van der Waals surface area contributed by atoms with Crippen LogP contribution in [-0.4, -0.2) is 29.9 Å². The first kappa shape index (κ1) is 11.2. The van der Waals surface area contributed by atoms with Crippen LogP contribution in [0.1, 0.15) is 27.2 Å². The molecule has 1 amide bonds. The molecule has 1 fully saturated rings. The Morgan fingerprint density at radius 1 is 1.57 bits per heavy atom. The molecule has 1 aliphatic rings. The Labute approximate surface area is 86.0 Å². The van der Waals surface area contributed by atoms with Gasteiger partial charge in [0.1, 0.15) is 0 Å². The molecule has 0 aromatic heterocycles. The first-order valence-corrected chi connectivity index (χ1v) is 5.24. The van der Waals surface area contributed by atoms with E-state index in [0.717, 1.165) is 25.1 Å². The number of rotatable bonds is 1. The van der Waals surface area contributed by atoms with Crippen molar-refractivity contribution in [1.82, 2.24) is 4.90 Å². The quantitative estimate of drug-likeness (QED) is 0.639. The van der Waals surface area contributed by atoms with Gasteiger partial charge in [-0.3, -0.25) is 4.79 Å². The number of amides is 1. The van der Waals surface area contributed by atoms with Crippen LogP contribution in [0.4, 0.5) is 0 Å². The fourth-order valence-electron chi connectivity index (χ4n) is 1.72. The van der Waals surface area contributed by atoms with E-state index in [1.54, 1.807) is 0 Å². The van der Waals surface area contributed by atoms with Gasteiger partial charge in [0.05, 0.1) is 0 Å². The van der Waals surface area contributed by atoms with Crippen LogP contribution < -0.4 is 5.73 Å². The van der Waals surface area contributed by atoms with Gasteiger partial charge in [-0.15, -0.1) is 0 Å². The molecule has 1 heterocycles. The van der Waals surface area contributed by atoms with Crippen molar-refractivity contribution in [3.05, 3.63) is 11.6 Å². The molecule has 0 radical (unpaired) electrons. The highest BCUT2D eigenvalue weighted by Crippen LogP contribution is 2.16. The predicted molar refractivity (Wildman–Crippen MR) is 57.8 cm³/mol.